The minimum Gasteiger partial charge on any atom is -0.394 e. The molecule has 2 N–H and O–H groups in total. The maximum absolute atomic E-state index is 9.16. The third kappa shape index (κ3) is 5.34. The summed E-state index contributed by atoms with van der Waals surface area (Å²) in [6.07, 6.45) is 2.61. The van der Waals surface area contributed by atoms with E-state index in [1.807, 2.05) is 6.92 Å². The Balaban J connectivity index is 3.87. The van der Waals surface area contributed by atoms with Gasteiger partial charge >= 0.3 is 0 Å². The van der Waals surface area contributed by atoms with Crippen LogP contribution in [0.15, 0.2) is 11.0 Å². The van der Waals surface area contributed by atoms with Crippen LogP contribution >= 0.6 is 11.8 Å². The van der Waals surface area contributed by atoms with Gasteiger partial charge in [-0.1, -0.05) is 19.9 Å². The van der Waals surface area contributed by atoms with Gasteiger partial charge in [0.1, 0.15) is 0 Å². The molecule has 2 atom stereocenters. The van der Waals surface area contributed by atoms with E-state index in [1.54, 1.807) is 11.8 Å². The van der Waals surface area contributed by atoms with Crippen LogP contribution in [0.2, 0.25) is 0 Å². The van der Waals surface area contributed by atoms with Crippen molar-refractivity contribution in [2.24, 2.45) is 5.92 Å². The number of aliphatic hydroxyl groups is 2. The highest BCUT2D eigenvalue weighted by molar-refractivity contribution is 8.03. The fourth-order valence-electron chi connectivity index (χ4n) is 0.956. The van der Waals surface area contributed by atoms with Crippen LogP contribution in [0.1, 0.15) is 27.2 Å². The molecule has 0 aromatic heterocycles. The Hall–Kier alpha value is 0.01000. The molecule has 0 aliphatic heterocycles. The molecule has 2 nitrogen and oxygen atoms in total. The lowest BCUT2D eigenvalue weighted by atomic mass is 10.1. The minimum absolute atomic E-state index is 0.148. The highest BCUT2D eigenvalue weighted by Crippen LogP contribution is 2.26. The van der Waals surface area contributed by atoms with Crippen molar-refractivity contribution in [1.82, 2.24) is 0 Å². The topological polar surface area (TPSA) is 40.5 Å². The Morgan fingerprint density at radius 3 is 2.54 bits per heavy atom. The fourth-order valence-corrected chi connectivity index (χ4v) is 2.06. The van der Waals surface area contributed by atoms with Crippen molar-refractivity contribution in [3.05, 3.63) is 11.0 Å². The fraction of sp³-hybridized carbons (Fsp3) is 0.800. The zero-order valence-corrected chi connectivity index (χ0v) is 9.47. The van der Waals surface area contributed by atoms with E-state index in [0.717, 1.165) is 6.42 Å². The lowest BCUT2D eigenvalue weighted by molar-refractivity contribution is 0.113. The van der Waals surface area contributed by atoms with Gasteiger partial charge in [-0.25, -0.2) is 0 Å². The molecule has 0 saturated heterocycles. The second-order valence-electron chi connectivity index (χ2n) is 3.15. The van der Waals surface area contributed by atoms with E-state index in [-0.39, 0.29) is 6.61 Å². The first-order chi connectivity index (χ1) is 6.15. The molecule has 0 radical (unpaired) electrons. The Morgan fingerprint density at radius 1 is 1.54 bits per heavy atom. The van der Waals surface area contributed by atoms with Gasteiger partial charge in [0.05, 0.1) is 12.7 Å². The third-order valence-electron chi connectivity index (χ3n) is 2.04. The van der Waals surface area contributed by atoms with Crippen molar-refractivity contribution in [2.45, 2.75) is 33.3 Å². The lowest BCUT2D eigenvalue weighted by Crippen LogP contribution is -2.15. The van der Waals surface area contributed by atoms with Crippen LogP contribution in [0.3, 0.4) is 0 Å². The van der Waals surface area contributed by atoms with E-state index in [9.17, 15) is 0 Å². The third-order valence-corrected chi connectivity index (χ3v) is 3.56. The average Bonchev–Trinajstić information content (AvgIpc) is 2.17. The Kier molecular flexibility index (Phi) is 7.42. The second kappa shape index (κ2) is 7.42. The van der Waals surface area contributed by atoms with Crippen LogP contribution in [0.5, 0.6) is 0 Å². The summed E-state index contributed by atoms with van der Waals surface area (Å²) in [6, 6.07) is 0. The molecule has 0 fully saturated rings. The number of thioether (sulfide) groups is 1. The number of aliphatic hydroxyl groups excluding tert-OH is 2. The zero-order chi connectivity index (χ0) is 10.3. The SMILES string of the molecule is CC=C(SCC(O)CO)C(C)CC. The van der Waals surface area contributed by atoms with Crippen molar-refractivity contribution >= 4 is 11.8 Å². The molecule has 2 unspecified atom stereocenters. The van der Waals surface area contributed by atoms with Gasteiger partial charge in [-0.15, -0.1) is 11.8 Å². The molecule has 0 heterocycles. The Bertz CT molecular complexity index is 157. The van der Waals surface area contributed by atoms with Crippen LogP contribution in [0.25, 0.3) is 0 Å². The van der Waals surface area contributed by atoms with Crippen molar-refractivity contribution in [3.8, 4) is 0 Å². The maximum Gasteiger partial charge on any atom is 0.0864 e. The molecule has 0 bridgehead atoms. The first-order valence-electron chi connectivity index (χ1n) is 4.73. The van der Waals surface area contributed by atoms with Gasteiger partial charge < -0.3 is 10.2 Å². The van der Waals surface area contributed by atoms with Crippen LogP contribution in [-0.4, -0.2) is 28.7 Å². The van der Waals surface area contributed by atoms with E-state index in [0.29, 0.717) is 11.7 Å². The number of rotatable bonds is 6. The number of hydrogen-bond acceptors (Lipinski definition) is 3. The highest BCUT2D eigenvalue weighted by atomic mass is 32.2. The van der Waals surface area contributed by atoms with E-state index >= 15 is 0 Å². The molecule has 0 aromatic rings. The first kappa shape index (κ1) is 13.0. The highest BCUT2D eigenvalue weighted by Gasteiger charge is 2.09. The van der Waals surface area contributed by atoms with Gasteiger partial charge in [-0.2, -0.15) is 0 Å². The first-order valence-corrected chi connectivity index (χ1v) is 5.72. The van der Waals surface area contributed by atoms with E-state index in [1.165, 1.54) is 4.91 Å². The van der Waals surface area contributed by atoms with Crippen molar-refractivity contribution < 1.29 is 10.2 Å². The van der Waals surface area contributed by atoms with E-state index in [2.05, 4.69) is 19.9 Å². The summed E-state index contributed by atoms with van der Waals surface area (Å²) in [6.45, 7) is 6.19. The molecule has 0 aliphatic carbocycles. The summed E-state index contributed by atoms with van der Waals surface area (Å²) in [4.78, 5) is 1.30. The normalized spacial score (nSPS) is 17.2. The van der Waals surface area contributed by atoms with E-state index < -0.39 is 6.10 Å². The lowest BCUT2D eigenvalue weighted by Gasteiger charge is -2.14. The Labute approximate surface area is 85.0 Å². The second-order valence-corrected chi connectivity index (χ2v) is 4.24. The molecule has 3 heteroatoms. The standard InChI is InChI=1S/C10H20O2S/c1-4-8(3)10(5-2)13-7-9(12)6-11/h5,8-9,11-12H,4,6-7H2,1-3H3. The number of allylic oxidation sites excluding steroid dienone is 2. The molecule has 78 valence electrons. The molecular weight excluding hydrogens is 184 g/mol. The van der Waals surface area contributed by atoms with Crippen molar-refractivity contribution in [3.63, 3.8) is 0 Å². The summed E-state index contributed by atoms with van der Waals surface area (Å²) in [5.74, 6) is 1.14. The van der Waals surface area contributed by atoms with Crippen molar-refractivity contribution in [2.75, 3.05) is 12.4 Å². The quantitative estimate of drug-likeness (QED) is 0.695. The minimum atomic E-state index is -0.594. The molecule has 0 saturated carbocycles. The van der Waals surface area contributed by atoms with Crippen LogP contribution < -0.4 is 0 Å². The summed E-state index contributed by atoms with van der Waals surface area (Å²) in [5, 5.41) is 17.8. The molecule has 0 rings (SSSR count). The van der Waals surface area contributed by atoms with Crippen LogP contribution in [-0.2, 0) is 0 Å². The van der Waals surface area contributed by atoms with Gasteiger partial charge in [-0.05, 0) is 24.2 Å². The molecule has 0 amide bonds. The molecule has 0 aromatic carbocycles. The molecule has 0 spiro atoms. The molecule has 13 heavy (non-hydrogen) atoms. The van der Waals surface area contributed by atoms with Crippen LogP contribution in [0.4, 0.5) is 0 Å². The molecular formula is C10H20O2S. The van der Waals surface area contributed by atoms with Gasteiger partial charge in [-0.3, -0.25) is 0 Å². The largest absolute Gasteiger partial charge is 0.394 e. The smallest absolute Gasteiger partial charge is 0.0864 e. The van der Waals surface area contributed by atoms with Crippen LogP contribution in [0, 0.1) is 5.92 Å². The number of hydrogen-bond donors (Lipinski definition) is 2. The molecule has 0 aliphatic rings. The van der Waals surface area contributed by atoms with E-state index in [4.69, 9.17) is 10.2 Å². The Morgan fingerprint density at radius 2 is 2.15 bits per heavy atom. The van der Waals surface area contributed by atoms with Gasteiger partial charge in [0.2, 0.25) is 0 Å². The zero-order valence-electron chi connectivity index (χ0n) is 8.66. The summed E-state index contributed by atoms with van der Waals surface area (Å²) in [7, 11) is 0. The average molecular weight is 204 g/mol. The van der Waals surface area contributed by atoms with Gasteiger partial charge in [0, 0.05) is 5.75 Å². The summed E-state index contributed by atoms with van der Waals surface area (Å²) < 4.78 is 0. The van der Waals surface area contributed by atoms with Gasteiger partial charge in [0.15, 0.2) is 0 Å². The monoisotopic (exact) mass is 204 g/mol. The van der Waals surface area contributed by atoms with Gasteiger partial charge in [0.25, 0.3) is 0 Å². The van der Waals surface area contributed by atoms with Crippen molar-refractivity contribution in [1.29, 1.82) is 0 Å². The predicted molar refractivity (Wildman–Crippen MR) is 58.8 cm³/mol. The summed E-state index contributed by atoms with van der Waals surface area (Å²) >= 11 is 1.64. The maximum atomic E-state index is 9.16. The summed E-state index contributed by atoms with van der Waals surface area (Å²) in [5.41, 5.74) is 0. The predicted octanol–water partition coefficient (Wildman–Crippen LogP) is 2.02.